The molecule has 0 amide bonds. The van der Waals surface area contributed by atoms with Gasteiger partial charge in [-0.2, -0.15) is 0 Å². The molecule has 0 spiro atoms. The number of likely N-dealkylation sites (tertiary alicyclic amines) is 1. The molecule has 1 aliphatic heterocycles. The van der Waals surface area contributed by atoms with Gasteiger partial charge in [0.05, 0.1) is 13.0 Å². The molecule has 0 bridgehead atoms. The summed E-state index contributed by atoms with van der Waals surface area (Å²) in [6.07, 6.45) is 1.03. The van der Waals surface area contributed by atoms with Gasteiger partial charge in [-0.1, -0.05) is 25.1 Å². The third-order valence-corrected chi connectivity index (χ3v) is 4.34. The van der Waals surface area contributed by atoms with E-state index >= 15 is 0 Å². The Labute approximate surface area is 127 Å². The molecule has 2 rings (SSSR count). The summed E-state index contributed by atoms with van der Waals surface area (Å²) in [7, 11) is 1.45. The number of para-hydroxylation sites is 1. The Kier molecular flexibility index (Phi) is 5.62. The molecule has 2 atom stereocenters. The quantitative estimate of drug-likeness (QED) is 0.755. The van der Waals surface area contributed by atoms with E-state index in [1.807, 2.05) is 31.2 Å². The summed E-state index contributed by atoms with van der Waals surface area (Å²) in [6.45, 7) is 7.59. The van der Waals surface area contributed by atoms with Gasteiger partial charge in [0.25, 0.3) is 0 Å². The van der Waals surface area contributed by atoms with Crippen molar-refractivity contribution in [3.63, 3.8) is 0 Å². The van der Waals surface area contributed by atoms with Gasteiger partial charge in [-0.25, -0.2) is 0 Å². The monoisotopic (exact) mass is 291 g/mol. The maximum absolute atomic E-state index is 12.1. The highest BCUT2D eigenvalue weighted by molar-refractivity contribution is 5.73. The van der Waals surface area contributed by atoms with Crippen molar-refractivity contribution in [1.29, 1.82) is 0 Å². The molecule has 1 fully saturated rings. The van der Waals surface area contributed by atoms with E-state index in [1.54, 1.807) is 0 Å². The fraction of sp³-hybridized carbons (Fsp3) is 0.588. The zero-order valence-corrected chi connectivity index (χ0v) is 13.2. The lowest BCUT2D eigenvalue weighted by Gasteiger charge is -2.22. The van der Waals surface area contributed by atoms with E-state index < -0.39 is 0 Å². The van der Waals surface area contributed by atoms with Gasteiger partial charge in [0.2, 0.25) is 0 Å². The van der Waals surface area contributed by atoms with E-state index in [-0.39, 0.29) is 11.9 Å². The van der Waals surface area contributed by atoms with Crippen LogP contribution in [0.25, 0.3) is 0 Å². The van der Waals surface area contributed by atoms with Crippen LogP contribution < -0.4 is 4.74 Å². The van der Waals surface area contributed by atoms with Crippen molar-refractivity contribution in [2.45, 2.75) is 20.3 Å². The molecule has 21 heavy (non-hydrogen) atoms. The van der Waals surface area contributed by atoms with E-state index in [0.717, 1.165) is 37.4 Å². The Balaban J connectivity index is 2.00. The van der Waals surface area contributed by atoms with Crippen LogP contribution in [0.4, 0.5) is 0 Å². The number of ether oxygens (including phenoxy) is 2. The third-order valence-electron chi connectivity index (χ3n) is 4.34. The number of aryl methyl sites for hydroxylation is 1. The molecule has 0 radical (unpaired) electrons. The summed E-state index contributed by atoms with van der Waals surface area (Å²) < 4.78 is 10.9. The molecule has 1 aromatic carbocycles. The normalized spacial score (nSPS) is 20.2. The lowest BCUT2D eigenvalue weighted by molar-refractivity contribution is -0.148. The number of hydrogen-bond donors (Lipinski definition) is 0. The highest BCUT2D eigenvalue weighted by atomic mass is 16.5. The molecule has 1 aliphatic rings. The minimum absolute atomic E-state index is 0.161. The van der Waals surface area contributed by atoms with Crippen molar-refractivity contribution in [3.05, 3.63) is 29.8 Å². The van der Waals surface area contributed by atoms with Crippen LogP contribution in [-0.4, -0.2) is 44.2 Å². The first-order valence-corrected chi connectivity index (χ1v) is 7.64. The second kappa shape index (κ2) is 7.46. The van der Waals surface area contributed by atoms with Gasteiger partial charge < -0.3 is 14.4 Å². The second-order valence-corrected chi connectivity index (χ2v) is 5.65. The largest absolute Gasteiger partial charge is 0.492 e. The van der Waals surface area contributed by atoms with Gasteiger partial charge >= 0.3 is 5.97 Å². The molecule has 4 heteroatoms. The van der Waals surface area contributed by atoms with Gasteiger partial charge in [0.1, 0.15) is 12.4 Å². The number of carbonyl (C=O) groups excluding carboxylic acids is 1. The van der Waals surface area contributed by atoms with Gasteiger partial charge in [-0.05, 0) is 44.0 Å². The molecular formula is C17H25NO3. The molecule has 2 unspecified atom stereocenters. The molecule has 116 valence electrons. The Morgan fingerprint density at radius 2 is 2.19 bits per heavy atom. The predicted octanol–water partition coefficient (Wildman–Crippen LogP) is 2.50. The van der Waals surface area contributed by atoms with Crippen LogP contribution in [0.1, 0.15) is 18.9 Å². The van der Waals surface area contributed by atoms with E-state index in [2.05, 4.69) is 11.8 Å². The highest BCUT2D eigenvalue weighted by Gasteiger charge is 2.34. The number of rotatable bonds is 6. The Hall–Kier alpha value is -1.55. The zero-order chi connectivity index (χ0) is 15.2. The van der Waals surface area contributed by atoms with Crippen LogP contribution in [0.5, 0.6) is 5.75 Å². The van der Waals surface area contributed by atoms with Gasteiger partial charge in [0.15, 0.2) is 0 Å². The highest BCUT2D eigenvalue weighted by Crippen LogP contribution is 2.27. The molecular weight excluding hydrogens is 266 g/mol. The van der Waals surface area contributed by atoms with Crippen LogP contribution in [-0.2, 0) is 9.53 Å². The number of benzene rings is 1. The van der Waals surface area contributed by atoms with Gasteiger partial charge in [0, 0.05) is 6.54 Å². The molecule has 0 N–H and O–H groups in total. The smallest absolute Gasteiger partial charge is 0.312 e. The van der Waals surface area contributed by atoms with E-state index in [4.69, 9.17) is 9.47 Å². The van der Waals surface area contributed by atoms with Crippen molar-refractivity contribution in [2.75, 3.05) is 33.4 Å². The lowest BCUT2D eigenvalue weighted by atomic mass is 9.92. The number of methoxy groups -OCH3 is 1. The van der Waals surface area contributed by atoms with Crippen LogP contribution >= 0.6 is 0 Å². The van der Waals surface area contributed by atoms with Gasteiger partial charge in [-0.15, -0.1) is 0 Å². The fourth-order valence-corrected chi connectivity index (χ4v) is 2.92. The minimum Gasteiger partial charge on any atom is -0.492 e. The van der Waals surface area contributed by atoms with Crippen molar-refractivity contribution in [3.8, 4) is 5.75 Å². The summed E-state index contributed by atoms with van der Waals surface area (Å²) in [6, 6.07) is 7.88. The van der Waals surface area contributed by atoms with E-state index in [0.29, 0.717) is 12.5 Å². The molecule has 1 heterocycles. The Morgan fingerprint density at radius 1 is 1.43 bits per heavy atom. The average Bonchev–Trinajstić information content (AvgIpc) is 2.97. The fourth-order valence-electron chi connectivity index (χ4n) is 2.92. The number of carbonyl (C=O) groups is 1. The maximum atomic E-state index is 12.1. The topological polar surface area (TPSA) is 38.8 Å². The number of nitrogens with zero attached hydrogens (tertiary/aromatic N) is 1. The van der Waals surface area contributed by atoms with Crippen LogP contribution in [0.3, 0.4) is 0 Å². The van der Waals surface area contributed by atoms with E-state index in [9.17, 15) is 4.79 Å². The second-order valence-electron chi connectivity index (χ2n) is 5.65. The zero-order valence-electron chi connectivity index (χ0n) is 13.2. The predicted molar refractivity (Wildman–Crippen MR) is 82.4 cm³/mol. The first kappa shape index (κ1) is 15.8. The SMILES string of the molecule is CCN1CCC(C(COc2ccccc2C)C(=O)OC)C1. The van der Waals surface area contributed by atoms with Crippen molar-refractivity contribution in [2.24, 2.45) is 11.8 Å². The third kappa shape index (κ3) is 3.97. The average molecular weight is 291 g/mol. The molecule has 4 nitrogen and oxygen atoms in total. The molecule has 0 aliphatic carbocycles. The maximum Gasteiger partial charge on any atom is 0.312 e. The van der Waals surface area contributed by atoms with E-state index in [1.165, 1.54) is 7.11 Å². The number of esters is 1. The van der Waals surface area contributed by atoms with Crippen molar-refractivity contribution in [1.82, 2.24) is 4.90 Å². The Morgan fingerprint density at radius 3 is 2.81 bits per heavy atom. The summed E-state index contributed by atoms with van der Waals surface area (Å²) in [5.74, 6) is 0.816. The standard InChI is InChI=1S/C17H25NO3/c1-4-18-10-9-14(11-18)15(17(19)20-3)12-21-16-8-6-5-7-13(16)2/h5-8,14-15H,4,9-12H2,1-3H3. The lowest BCUT2D eigenvalue weighted by Crippen LogP contribution is -2.32. The summed E-state index contributed by atoms with van der Waals surface area (Å²) >= 11 is 0. The van der Waals surface area contributed by atoms with Gasteiger partial charge in [-0.3, -0.25) is 4.79 Å². The molecule has 0 aromatic heterocycles. The number of hydrogen-bond acceptors (Lipinski definition) is 4. The van der Waals surface area contributed by atoms with Crippen LogP contribution in [0.15, 0.2) is 24.3 Å². The summed E-state index contributed by atoms with van der Waals surface area (Å²) in [5.41, 5.74) is 1.09. The first-order chi connectivity index (χ1) is 10.2. The first-order valence-electron chi connectivity index (χ1n) is 7.64. The minimum atomic E-state index is -0.189. The summed E-state index contributed by atoms with van der Waals surface area (Å²) in [5, 5.41) is 0. The summed E-state index contributed by atoms with van der Waals surface area (Å²) in [4.78, 5) is 14.4. The van der Waals surface area contributed by atoms with Crippen molar-refractivity contribution >= 4 is 5.97 Å². The van der Waals surface area contributed by atoms with Crippen molar-refractivity contribution < 1.29 is 14.3 Å². The van der Waals surface area contributed by atoms with Crippen LogP contribution in [0.2, 0.25) is 0 Å². The van der Waals surface area contributed by atoms with Crippen LogP contribution in [0, 0.1) is 18.8 Å². The molecule has 0 saturated carbocycles. The Bertz CT molecular complexity index is 475. The molecule has 1 aromatic rings. The molecule has 1 saturated heterocycles.